The van der Waals surface area contributed by atoms with E-state index in [0.29, 0.717) is 12.5 Å². The lowest BCUT2D eigenvalue weighted by Crippen LogP contribution is -2.13. The zero-order chi connectivity index (χ0) is 6.41. The predicted molar refractivity (Wildman–Crippen MR) is 40.4 cm³/mol. The van der Waals surface area contributed by atoms with Crippen LogP contribution in [0.4, 0.5) is 0 Å². The van der Waals surface area contributed by atoms with Gasteiger partial charge >= 0.3 is 0 Å². The Morgan fingerprint density at radius 2 is 2.50 bits per heavy atom. The topological polar surface area (TPSA) is 26.0 Å². The van der Waals surface area contributed by atoms with Crippen molar-refractivity contribution in [1.82, 2.24) is 0 Å². The van der Waals surface area contributed by atoms with E-state index in [1.165, 1.54) is 0 Å². The van der Waals surface area contributed by atoms with Crippen molar-refractivity contribution in [2.45, 2.75) is 6.42 Å². The molecule has 0 fully saturated rings. The second-order valence-electron chi connectivity index (χ2n) is 1.57. The summed E-state index contributed by atoms with van der Waals surface area (Å²) in [6, 6.07) is 0. The van der Waals surface area contributed by atoms with Crippen molar-refractivity contribution >= 4 is 14.7 Å². The fourth-order valence-electron chi connectivity index (χ4n) is 0.362. The van der Waals surface area contributed by atoms with Crippen LogP contribution >= 0.6 is 8.86 Å². The molecule has 0 spiro atoms. The molecular weight excluding hydrogens is 117 g/mol. The maximum absolute atomic E-state index is 5.31. The molecule has 0 saturated carbocycles. The molecule has 0 rings (SSSR count). The molecule has 0 amide bonds. The lowest BCUT2D eigenvalue weighted by atomic mass is 10.1. The van der Waals surface area contributed by atoms with E-state index in [0.717, 1.165) is 6.42 Å². The lowest BCUT2D eigenvalue weighted by Gasteiger charge is -2.00. The summed E-state index contributed by atoms with van der Waals surface area (Å²) in [6.07, 6.45) is 5.76. The number of rotatable bonds is 3. The summed E-state index contributed by atoms with van der Waals surface area (Å²) in [4.78, 5) is 0. The third-order valence-corrected chi connectivity index (χ3v) is 1.39. The van der Waals surface area contributed by atoms with Crippen molar-refractivity contribution in [2.75, 3.05) is 6.54 Å². The largest absolute Gasteiger partial charge is 0.330 e. The van der Waals surface area contributed by atoms with Gasteiger partial charge in [-0.2, -0.15) is 0 Å². The number of terminal acetylenes is 1. The van der Waals surface area contributed by atoms with E-state index >= 15 is 0 Å². The normalized spacial score (nSPS) is 12.0. The van der Waals surface area contributed by atoms with E-state index in [1.54, 1.807) is 0 Å². The Morgan fingerprint density at radius 1 is 1.88 bits per heavy atom. The molecule has 44 valence electrons. The van der Waals surface area contributed by atoms with Crippen LogP contribution in [0.2, 0.25) is 0 Å². The van der Waals surface area contributed by atoms with Gasteiger partial charge in [0.1, 0.15) is 0 Å². The van der Waals surface area contributed by atoms with Gasteiger partial charge in [-0.3, -0.25) is 0 Å². The minimum absolute atomic E-state index is 0.330. The molecular formula is C6H10NP. The first-order chi connectivity index (χ1) is 3.85. The second-order valence-corrected chi connectivity index (χ2v) is 1.90. The highest BCUT2D eigenvalue weighted by atomic mass is 31.0. The fourth-order valence-corrected chi connectivity index (χ4v) is 0.616. The molecule has 0 bridgehead atoms. The van der Waals surface area contributed by atoms with E-state index in [-0.39, 0.29) is 0 Å². The van der Waals surface area contributed by atoms with Crippen molar-refractivity contribution in [2.24, 2.45) is 11.7 Å². The van der Waals surface area contributed by atoms with Crippen LogP contribution in [0, 0.1) is 18.3 Å². The van der Waals surface area contributed by atoms with Crippen molar-refractivity contribution in [3.8, 4) is 12.3 Å². The first-order valence-electron chi connectivity index (χ1n) is 2.49. The standard InChI is InChI=1S/C6H10NP/c1-2-3-6(4-7)5-8/h1,5-6,8H,3-4,7H2. The van der Waals surface area contributed by atoms with Gasteiger partial charge in [0.15, 0.2) is 0 Å². The predicted octanol–water partition coefficient (Wildman–Crippen LogP) is 0.530. The van der Waals surface area contributed by atoms with E-state index in [1.807, 2.05) is 5.80 Å². The van der Waals surface area contributed by atoms with Gasteiger partial charge in [0, 0.05) is 12.3 Å². The molecule has 2 heteroatoms. The van der Waals surface area contributed by atoms with Gasteiger partial charge in [-0.05, 0) is 6.54 Å². The maximum atomic E-state index is 5.31. The quantitative estimate of drug-likeness (QED) is 0.434. The highest BCUT2D eigenvalue weighted by molar-refractivity contribution is 7.18. The summed E-state index contributed by atoms with van der Waals surface area (Å²) in [6.45, 7) is 0.619. The van der Waals surface area contributed by atoms with Crippen LogP contribution in [0.15, 0.2) is 0 Å². The lowest BCUT2D eigenvalue weighted by molar-refractivity contribution is 0.749. The average Bonchev–Trinajstić information content (AvgIpc) is 1.83. The van der Waals surface area contributed by atoms with E-state index < -0.39 is 0 Å². The summed E-state index contributed by atoms with van der Waals surface area (Å²) in [5.74, 6) is 4.70. The smallest absolute Gasteiger partial charge is 0.0164 e. The van der Waals surface area contributed by atoms with Gasteiger partial charge in [0.2, 0.25) is 0 Å². The molecule has 1 nitrogen and oxygen atoms in total. The van der Waals surface area contributed by atoms with Gasteiger partial charge in [-0.25, -0.2) is 0 Å². The molecule has 0 aromatic carbocycles. The van der Waals surface area contributed by atoms with Gasteiger partial charge in [0.25, 0.3) is 0 Å². The average molecular weight is 127 g/mol. The third kappa shape index (κ3) is 2.80. The summed E-state index contributed by atoms with van der Waals surface area (Å²) < 4.78 is 0. The Morgan fingerprint density at radius 3 is 2.62 bits per heavy atom. The van der Waals surface area contributed by atoms with Gasteiger partial charge in [-0.15, -0.1) is 21.2 Å². The van der Waals surface area contributed by atoms with Crippen LogP contribution in [-0.2, 0) is 0 Å². The van der Waals surface area contributed by atoms with E-state index in [4.69, 9.17) is 12.2 Å². The first kappa shape index (κ1) is 7.69. The number of nitrogens with two attached hydrogens (primary N) is 1. The highest BCUT2D eigenvalue weighted by Gasteiger charge is 1.95. The molecule has 0 aromatic heterocycles. The zero-order valence-electron chi connectivity index (χ0n) is 4.72. The summed E-state index contributed by atoms with van der Waals surface area (Å²) in [5, 5.41) is 0. The number of hydrogen-bond acceptors (Lipinski definition) is 1. The van der Waals surface area contributed by atoms with E-state index in [9.17, 15) is 0 Å². The second kappa shape index (κ2) is 4.84. The van der Waals surface area contributed by atoms with E-state index in [2.05, 4.69) is 14.8 Å². The van der Waals surface area contributed by atoms with Crippen LogP contribution in [0.1, 0.15) is 6.42 Å². The van der Waals surface area contributed by atoms with Crippen LogP contribution < -0.4 is 5.73 Å². The molecule has 0 aliphatic rings. The summed E-state index contributed by atoms with van der Waals surface area (Å²) in [7, 11) is 3.22. The monoisotopic (exact) mass is 127 g/mol. The van der Waals surface area contributed by atoms with Crippen molar-refractivity contribution in [3.05, 3.63) is 0 Å². The minimum atomic E-state index is 0.330. The van der Waals surface area contributed by atoms with Crippen molar-refractivity contribution in [1.29, 1.82) is 0 Å². The molecule has 0 radical (unpaired) electrons. The fraction of sp³-hybridized carbons (Fsp3) is 0.500. The molecule has 0 saturated heterocycles. The van der Waals surface area contributed by atoms with Crippen LogP contribution in [0.25, 0.3) is 0 Å². The Bertz CT molecular complexity index is 104. The van der Waals surface area contributed by atoms with Crippen molar-refractivity contribution < 1.29 is 0 Å². The SMILES string of the molecule is C#CCC(C=P)CN. The Balaban J connectivity index is 3.40. The van der Waals surface area contributed by atoms with Gasteiger partial charge < -0.3 is 5.73 Å². The zero-order valence-corrected chi connectivity index (χ0v) is 5.72. The first-order valence-corrected chi connectivity index (χ1v) is 3.07. The van der Waals surface area contributed by atoms with Crippen LogP contribution in [0.5, 0.6) is 0 Å². The Labute approximate surface area is 52.5 Å². The van der Waals surface area contributed by atoms with Crippen molar-refractivity contribution in [3.63, 3.8) is 0 Å². The maximum Gasteiger partial charge on any atom is 0.0164 e. The Kier molecular flexibility index (Phi) is 4.65. The molecule has 8 heavy (non-hydrogen) atoms. The molecule has 0 aliphatic carbocycles. The molecule has 0 aromatic rings. The Hall–Kier alpha value is -0.310. The molecule has 2 N–H and O–H groups in total. The summed E-state index contributed by atoms with van der Waals surface area (Å²) in [5.41, 5.74) is 5.31. The molecule has 0 heterocycles. The van der Waals surface area contributed by atoms with Crippen LogP contribution in [-0.4, -0.2) is 12.3 Å². The third-order valence-electron chi connectivity index (χ3n) is 0.918. The van der Waals surface area contributed by atoms with Crippen LogP contribution in [0.3, 0.4) is 0 Å². The molecule has 1 atom stereocenters. The minimum Gasteiger partial charge on any atom is -0.330 e. The molecule has 1 unspecified atom stereocenters. The highest BCUT2D eigenvalue weighted by Crippen LogP contribution is 1.94. The molecule has 0 aliphatic heterocycles. The number of hydrogen-bond donors (Lipinski definition) is 1. The van der Waals surface area contributed by atoms with Gasteiger partial charge in [-0.1, -0.05) is 5.80 Å². The summed E-state index contributed by atoms with van der Waals surface area (Å²) >= 11 is 0. The van der Waals surface area contributed by atoms with Gasteiger partial charge in [0.05, 0.1) is 0 Å².